The molecule has 2 aromatic carbocycles. The first kappa shape index (κ1) is 13.5. The highest BCUT2D eigenvalue weighted by molar-refractivity contribution is 6.58. The van der Waals surface area contributed by atoms with Gasteiger partial charge in [0.25, 0.3) is 5.91 Å². The smallest absolute Gasteiger partial charge is 0.423 e. The predicted octanol–water partition coefficient (Wildman–Crippen LogP) is 0.887. The van der Waals surface area contributed by atoms with Gasteiger partial charge in [-0.1, -0.05) is 18.7 Å². The lowest BCUT2D eigenvalue weighted by atomic mass is 9.79. The highest BCUT2D eigenvalue weighted by Gasteiger charge is 2.22. The highest BCUT2D eigenvalue weighted by atomic mass is 19.1. The van der Waals surface area contributed by atoms with Crippen molar-refractivity contribution in [2.24, 2.45) is 0 Å². The van der Waals surface area contributed by atoms with Crippen molar-refractivity contribution in [3.05, 3.63) is 59.9 Å². The zero-order valence-electron chi connectivity index (χ0n) is 10.9. The summed E-state index contributed by atoms with van der Waals surface area (Å²) in [5.41, 5.74) is 2.89. The van der Waals surface area contributed by atoms with Gasteiger partial charge in [0, 0.05) is 16.8 Å². The molecule has 0 saturated heterocycles. The summed E-state index contributed by atoms with van der Waals surface area (Å²) in [5.74, 6) is -0.781. The van der Waals surface area contributed by atoms with E-state index in [1.807, 2.05) is 0 Å². The summed E-state index contributed by atoms with van der Waals surface area (Å²) in [5, 5.41) is 21.0. The lowest BCUT2D eigenvalue weighted by Crippen LogP contribution is -2.30. The van der Waals surface area contributed by atoms with Crippen molar-refractivity contribution in [3.63, 3.8) is 0 Å². The number of nitrogens with one attached hydrogen (secondary N) is 1. The SMILES string of the molecule is C=C1NC(=O)c2ccc(-c3cc(F)cc(B(O)O)c3)cc21. The number of amides is 1. The third-order valence-corrected chi connectivity index (χ3v) is 3.41. The van der Waals surface area contributed by atoms with Gasteiger partial charge in [-0.3, -0.25) is 4.79 Å². The highest BCUT2D eigenvalue weighted by Crippen LogP contribution is 2.29. The van der Waals surface area contributed by atoms with E-state index in [4.69, 9.17) is 0 Å². The van der Waals surface area contributed by atoms with Crippen LogP contribution in [-0.2, 0) is 0 Å². The molecule has 0 radical (unpaired) electrons. The van der Waals surface area contributed by atoms with E-state index in [9.17, 15) is 19.2 Å². The van der Waals surface area contributed by atoms with Crippen molar-refractivity contribution in [3.8, 4) is 11.1 Å². The van der Waals surface area contributed by atoms with Gasteiger partial charge in [-0.25, -0.2) is 4.39 Å². The van der Waals surface area contributed by atoms with E-state index in [0.29, 0.717) is 28.0 Å². The zero-order chi connectivity index (χ0) is 15.1. The molecule has 0 bridgehead atoms. The second kappa shape index (κ2) is 4.84. The molecule has 2 aromatic rings. The largest absolute Gasteiger partial charge is 0.488 e. The normalized spacial score (nSPS) is 13.1. The maximum Gasteiger partial charge on any atom is 0.488 e. The fraction of sp³-hybridized carbons (Fsp3) is 0. The van der Waals surface area contributed by atoms with Crippen molar-refractivity contribution in [1.82, 2.24) is 5.32 Å². The Bertz CT molecular complexity index is 774. The molecule has 0 unspecified atom stereocenters. The molecule has 1 aliphatic rings. The number of halogens is 1. The van der Waals surface area contributed by atoms with E-state index in [0.717, 1.165) is 6.07 Å². The number of carbonyl (C=O) groups is 1. The third kappa shape index (κ3) is 2.35. The van der Waals surface area contributed by atoms with Crippen molar-refractivity contribution >= 4 is 24.2 Å². The average molecular weight is 283 g/mol. The quantitative estimate of drug-likeness (QED) is 0.717. The standard InChI is InChI=1S/C15H11BFNO3/c1-8-14-6-9(2-3-13(14)15(19)18-8)10-4-11(16(20)21)7-12(17)5-10/h2-7,20-21H,1H2,(H,18,19). The van der Waals surface area contributed by atoms with Crippen LogP contribution in [0.5, 0.6) is 0 Å². The first-order valence-electron chi connectivity index (χ1n) is 6.27. The van der Waals surface area contributed by atoms with E-state index in [2.05, 4.69) is 11.9 Å². The molecular formula is C15H11BFNO3. The second-order valence-corrected chi connectivity index (χ2v) is 4.84. The van der Waals surface area contributed by atoms with Crippen LogP contribution in [0.4, 0.5) is 4.39 Å². The van der Waals surface area contributed by atoms with Crippen LogP contribution in [0.2, 0.25) is 0 Å². The molecule has 3 rings (SSSR count). The maximum atomic E-state index is 13.6. The van der Waals surface area contributed by atoms with Crippen LogP contribution >= 0.6 is 0 Å². The summed E-state index contributed by atoms with van der Waals surface area (Å²) < 4.78 is 13.6. The summed E-state index contributed by atoms with van der Waals surface area (Å²) in [4.78, 5) is 11.6. The minimum atomic E-state index is -1.74. The van der Waals surface area contributed by atoms with Gasteiger partial charge in [0.1, 0.15) is 5.82 Å². The molecule has 0 aliphatic carbocycles. The maximum absolute atomic E-state index is 13.6. The molecule has 0 fully saturated rings. The Labute approximate surface area is 120 Å². The minimum Gasteiger partial charge on any atom is -0.423 e. The zero-order valence-corrected chi connectivity index (χ0v) is 10.9. The van der Waals surface area contributed by atoms with Crippen molar-refractivity contribution in [2.45, 2.75) is 0 Å². The predicted molar refractivity (Wildman–Crippen MR) is 78.2 cm³/mol. The summed E-state index contributed by atoms with van der Waals surface area (Å²) in [6.07, 6.45) is 0. The molecule has 1 aliphatic heterocycles. The van der Waals surface area contributed by atoms with Crippen molar-refractivity contribution in [1.29, 1.82) is 0 Å². The molecule has 0 atom stereocenters. The van der Waals surface area contributed by atoms with E-state index in [1.165, 1.54) is 12.1 Å². The Kier molecular flexibility index (Phi) is 3.12. The van der Waals surface area contributed by atoms with Crippen LogP contribution < -0.4 is 10.8 Å². The van der Waals surface area contributed by atoms with E-state index in [1.54, 1.807) is 18.2 Å². The Morgan fingerprint density at radius 1 is 1.05 bits per heavy atom. The van der Waals surface area contributed by atoms with Crippen molar-refractivity contribution in [2.75, 3.05) is 0 Å². The Morgan fingerprint density at radius 3 is 2.52 bits per heavy atom. The second-order valence-electron chi connectivity index (χ2n) is 4.84. The van der Waals surface area contributed by atoms with E-state index in [-0.39, 0.29) is 11.4 Å². The average Bonchev–Trinajstić information content (AvgIpc) is 2.73. The number of fused-ring (bicyclic) bond motifs is 1. The number of carbonyl (C=O) groups excluding carboxylic acids is 1. The Hall–Kier alpha value is -2.44. The van der Waals surface area contributed by atoms with Crippen LogP contribution in [0.25, 0.3) is 16.8 Å². The van der Waals surface area contributed by atoms with Crippen LogP contribution in [0.1, 0.15) is 15.9 Å². The molecule has 0 saturated carbocycles. The van der Waals surface area contributed by atoms with Gasteiger partial charge < -0.3 is 15.4 Å². The van der Waals surface area contributed by atoms with E-state index < -0.39 is 12.9 Å². The van der Waals surface area contributed by atoms with Gasteiger partial charge in [0.05, 0.1) is 0 Å². The summed E-state index contributed by atoms with van der Waals surface area (Å²) in [6, 6.07) is 8.88. The number of benzene rings is 2. The molecule has 0 aromatic heterocycles. The molecular weight excluding hydrogens is 272 g/mol. The third-order valence-electron chi connectivity index (χ3n) is 3.41. The Morgan fingerprint density at radius 2 is 1.81 bits per heavy atom. The monoisotopic (exact) mass is 283 g/mol. The number of rotatable bonds is 2. The van der Waals surface area contributed by atoms with Gasteiger partial charge in [0.15, 0.2) is 0 Å². The van der Waals surface area contributed by atoms with Crippen LogP contribution in [-0.4, -0.2) is 23.1 Å². The Balaban J connectivity index is 2.12. The lowest BCUT2D eigenvalue weighted by molar-refractivity contribution is 0.0981. The summed E-state index contributed by atoms with van der Waals surface area (Å²) in [7, 11) is -1.74. The first-order chi connectivity index (χ1) is 9.95. The molecule has 104 valence electrons. The van der Waals surface area contributed by atoms with Gasteiger partial charge in [-0.05, 0) is 40.9 Å². The fourth-order valence-corrected chi connectivity index (χ4v) is 2.37. The molecule has 3 N–H and O–H groups in total. The van der Waals surface area contributed by atoms with Gasteiger partial charge in [0.2, 0.25) is 0 Å². The molecule has 1 amide bonds. The molecule has 6 heteroatoms. The number of hydrogen-bond donors (Lipinski definition) is 3. The van der Waals surface area contributed by atoms with Gasteiger partial charge in [-0.15, -0.1) is 0 Å². The fourth-order valence-electron chi connectivity index (χ4n) is 2.37. The molecule has 0 spiro atoms. The van der Waals surface area contributed by atoms with Crippen molar-refractivity contribution < 1.29 is 19.2 Å². The summed E-state index contributed by atoms with van der Waals surface area (Å²) in [6.45, 7) is 3.76. The minimum absolute atomic E-state index is 0.0681. The molecule has 21 heavy (non-hydrogen) atoms. The van der Waals surface area contributed by atoms with Crippen LogP contribution in [0.15, 0.2) is 43.0 Å². The lowest BCUT2D eigenvalue weighted by Gasteiger charge is -2.07. The van der Waals surface area contributed by atoms with Gasteiger partial charge >= 0.3 is 7.12 Å². The van der Waals surface area contributed by atoms with Crippen LogP contribution in [0, 0.1) is 5.82 Å². The number of hydrogen-bond acceptors (Lipinski definition) is 3. The topological polar surface area (TPSA) is 69.6 Å². The molecule has 1 heterocycles. The first-order valence-corrected chi connectivity index (χ1v) is 6.27. The van der Waals surface area contributed by atoms with Crippen LogP contribution in [0.3, 0.4) is 0 Å². The van der Waals surface area contributed by atoms with E-state index >= 15 is 0 Å². The summed E-state index contributed by atoms with van der Waals surface area (Å²) >= 11 is 0. The van der Waals surface area contributed by atoms with Gasteiger partial charge in [-0.2, -0.15) is 0 Å². The molecule has 4 nitrogen and oxygen atoms in total.